The van der Waals surface area contributed by atoms with Crippen molar-refractivity contribution in [2.24, 2.45) is 5.92 Å². The number of carbonyl (C=O) groups is 2. The van der Waals surface area contributed by atoms with Gasteiger partial charge in [-0.25, -0.2) is 9.59 Å². The van der Waals surface area contributed by atoms with Gasteiger partial charge >= 0.3 is 11.9 Å². The first-order chi connectivity index (χ1) is 17.0. The topological polar surface area (TPSA) is 119 Å². The third kappa shape index (κ3) is 3.75. The van der Waals surface area contributed by atoms with E-state index < -0.39 is 18.0 Å². The number of benzene rings is 2. The van der Waals surface area contributed by atoms with Gasteiger partial charge in [0.1, 0.15) is 6.04 Å². The molecule has 6 rings (SSSR count). The Labute approximate surface area is 204 Å². The zero-order valence-corrected chi connectivity index (χ0v) is 19.6. The molecule has 1 aliphatic heterocycles. The van der Waals surface area contributed by atoms with Crippen LogP contribution in [0.1, 0.15) is 41.7 Å². The average Bonchev–Trinajstić information content (AvgIpc) is 3.44. The van der Waals surface area contributed by atoms with Crippen LogP contribution in [0, 0.1) is 5.92 Å². The van der Waals surface area contributed by atoms with Crippen LogP contribution in [0.3, 0.4) is 0 Å². The highest BCUT2D eigenvalue weighted by molar-refractivity contribution is 7.22. The van der Waals surface area contributed by atoms with Gasteiger partial charge in [0.2, 0.25) is 5.95 Å². The predicted molar refractivity (Wildman–Crippen MR) is 130 cm³/mol. The Balaban J connectivity index is 1.55. The number of nitrogens with zero attached hydrogens (tertiary/aromatic N) is 4. The van der Waals surface area contributed by atoms with Crippen molar-refractivity contribution in [2.75, 3.05) is 11.9 Å². The zero-order valence-electron chi connectivity index (χ0n) is 18.8. The summed E-state index contributed by atoms with van der Waals surface area (Å²) in [5.74, 6) is -0.503. The van der Waals surface area contributed by atoms with Crippen molar-refractivity contribution < 1.29 is 19.4 Å². The Hall–Kier alpha value is -4.05. The Morgan fingerprint density at radius 3 is 2.69 bits per heavy atom. The maximum absolute atomic E-state index is 13.4. The lowest BCUT2D eigenvalue weighted by molar-refractivity contribution is -0.140. The van der Waals surface area contributed by atoms with Crippen molar-refractivity contribution in [3.8, 4) is 10.4 Å². The van der Waals surface area contributed by atoms with Gasteiger partial charge in [0.15, 0.2) is 0 Å². The summed E-state index contributed by atoms with van der Waals surface area (Å²) in [6, 6.07) is 14.1. The minimum atomic E-state index is -0.982. The van der Waals surface area contributed by atoms with E-state index in [9.17, 15) is 14.7 Å². The van der Waals surface area contributed by atoms with Crippen molar-refractivity contribution >= 4 is 39.3 Å². The van der Waals surface area contributed by atoms with E-state index in [1.54, 1.807) is 40.3 Å². The largest absolute Gasteiger partial charge is 0.478 e. The molecule has 10 heteroatoms. The van der Waals surface area contributed by atoms with Gasteiger partial charge in [-0.3, -0.25) is 0 Å². The quantitative estimate of drug-likeness (QED) is 0.382. The van der Waals surface area contributed by atoms with Crippen molar-refractivity contribution in [3.63, 3.8) is 0 Å². The number of aromatic carboxylic acids is 1. The monoisotopic (exact) mass is 487 g/mol. The predicted octanol–water partition coefficient (Wildman–Crippen LogP) is 4.50. The molecule has 3 heterocycles. The van der Waals surface area contributed by atoms with Gasteiger partial charge in [-0.15, -0.1) is 11.3 Å². The second-order valence-corrected chi connectivity index (χ2v) is 9.83. The zero-order chi connectivity index (χ0) is 24.1. The molecule has 2 N–H and O–H groups in total. The van der Waals surface area contributed by atoms with Gasteiger partial charge in [-0.2, -0.15) is 4.68 Å². The number of anilines is 1. The molecule has 2 aromatic heterocycles. The summed E-state index contributed by atoms with van der Waals surface area (Å²) in [4.78, 5) is 25.7. The second-order valence-electron chi connectivity index (χ2n) is 8.78. The molecular formula is C25H21N5O4S. The van der Waals surface area contributed by atoms with Crippen molar-refractivity contribution in [1.29, 1.82) is 0 Å². The molecule has 1 fully saturated rings. The number of nitrogens with one attached hydrogen (secondary N) is 1. The molecule has 2 aromatic carbocycles. The first kappa shape index (κ1) is 21.5. The normalized spacial score (nSPS) is 17.2. The van der Waals surface area contributed by atoms with Crippen LogP contribution < -0.4 is 5.32 Å². The van der Waals surface area contributed by atoms with E-state index in [0.717, 1.165) is 38.9 Å². The third-order valence-corrected chi connectivity index (χ3v) is 7.62. The first-order valence-electron chi connectivity index (χ1n) is 11.3. The van der Waals surface area contributed by atoms with E-state index in [0.29, 0.717) is 29.7 Å². The molecule has 1 aliphatic carbocycles. The number of hydrogen-bond acceptors (Lipinski definition) is 8. The van der Waals surface area contributed by atoms with E-state index in [2.05, 4.69) is 20.8 Å². The standard InChI is InChI=1S/C25H21N5O4S/c1-13-19(24(33)34-12-14-6-7-14)21(30-25(26-13)27-28-29-30)20-17-4-2-3-5-18(17)35-22(20)15-8-10-16(11-9-15)23(31)32/h2-5,8-11,14,21H,6-7,12H2,1H3,(H,31,32)(H,26,27,29). The maximum Gasteiger partial charge on any atom is 0.338 e. The van der Waals surface area contributed by atoms with Crippen LogP contribution in [0.5, 0.6) is 0 Å². The molecule has 35 heavy (non-hydrogen) atoms. The van der Waals surface area contributed by atoms with Gasteiger partial charge in [0, 0.05) is 20.8 Å². The molecule has 2 aliphatic rings. The molecule has 9 nitrogen and oxygen atoms in total. The van der Waals surface area contributed by atoms with Crippen LogP contribution in [0.4, 0.5) is 5.95 Å². The van der Waals surface area contributed by atoms with Crippen LogP contribution in [-0.2, 0) is 9.53 Å². The Morgan fingerprint density at radius 1 is 1.17 bits per heavy atom. The number of ether oxygens (including phenoxy) is 1. The van der Waals surface area contributed by atoms with E-state index >= 15 is 0 Å². The number of fused-ring (bicyclic) bond motifs is 2. The van der Waals surface area contributed by atoms with Gasteiger partial charge in [0.05, 0.1) is 17.7 Å². The SMILES string of the molecule is CC1=C(C(=O)OCC2CC2)C(c2c(-c3ccc(C(=O)O)cc3)sc3ccccc23)n2nnnc2N1. The number of carboxylic acids is 1. The molecular weight excluding hydrogens is 466 g/mol. The summed E-state index contributed by atoms with van der Waals surface area (Å²) in [6.07, 6.45) is 2.16. The first-order valence-corrected chi connectivity index (χ1v) is 12.1. The van der Waals surface area contributed by atoms with E-state index in [1.165, 1.54) is 0 Å². The molecule has 0 bridgehead atoms. The minimum absolute atomic E-state index is 0.209. The van der Waals surface area contributed by atoms with Gasteiger partial charge in [0.25, 0.3) is 0 Å². The molecule has 0 saturated heterocycles. The second kappa shape index (κ2) is 8.31. The van der Waals surface area contributed by atoms with Gasteiger partial charge in [-0.05, 0) is 65.3 Å². The number of carboxylic acid groups (broad SMARTS) is 1. The number of esters is 1. The summed E-state index contributed by atoms with van der Waals surface area (Å²) in [5.41, 5.74) is 3.03. The molecule has 0 amide bonds. The van der Waals surface area contributed by atoms with Gasteiger partial charge in [-0.1, -0.05) is 35.4 Å². The molecule has 1 unspecified atom stereocenters. The van der Waals surface area contributed by atoms with Crippen LogP contribution in [0.15, 0.2) is 59.8 Å². The number of thiophene rings is 1. The van der Waals surface area contributed by atoms with Crippen molar-refractivity contribution in [3.05, 3.63) is 70.9 Å². The number of allylic oxidation sites excluding steroid dienone is 1. The van der Waals surface area contributed by atoms with Crippen molar-refractivity contribution in [1.82, 2.24) is 20.2 Å². The van der Waals surface area contributed by atoms with E-state index in [-0.39, 0.29) is 5.56 Å². The highest BCUT2D eigenvalue weighted by Gasteiger charge is 2.38. The maximum atomic E-state index is 13.4. The lowest BCUT2D eigenvalue weighted by atomic mass is 9.91. The summed E-state index contributed by atoms with van der Waals surface area (Å²) in [6.45, 7) is 2.23. The Morgan fingerprint density at radius 2 is 1.94 bits per heavy atom. The van der Waals surface area contributed by atoms with Crippen molar-refractivity contribution in [2.45, 2.75) is 25.8 Å². The Kier molecular flexibility index (Phi) is 5.10. The molecule has 1 saturated carbocycles. The summed E-state index contributed by atoms with van der Waals surface area (Å²) in [7, 11) is 0. The smallest absolute Gasteiger partial charge is 0.338 e. The number of carbonyl (C=O) groups excluding carboxylic acids is 1. The lowest BCUT2D eigenvalue weighted by Crippen LogP contribution is -2.30. The fourth-order valence-electron chi connectivity index (χ4n) is 4.41. The van der Waals surface area contributed by atoms with Crippen LogP contribution in [-0.4, -0.2) is 43.9 Å². The summed E-state index contributed by atoms with van der Waals surface area (Å²) < 4.78 is 8.37. The highest BCUT2D eigenvalue weighted by atomic mass is 32.1. The minimum Gasteiger partial charge on any atom is -0.478 e. The van der Waals surface area contributed by atoms with E-state index in [4.69, 9.17) is 4.74 Å². The van der Waals surface area contributed by atoms with Gasteiger partial charge < -0.3 is 15.2 Å². The number of rotatable bonds is 6. The summed E-state index contributed by atoms with van der Waals surface area (Å²) >= 11 is 1.58. The molecule has 4 aromatic rings. The molecule has 1 atom stereocenters. The highest BCUT2D eigenvalue weighted by Crippen LogP contribution is 2.47. The molecule has 0 spiro atoms. The Bertz CT molecular complexity index is 1500. The number of hydrogen-bond donors (Lipinski definition) is 2. The van der Waals surface area contributed by atoms with Crippen LogP contribution >= 0.6 is 11.3 Å². The number of tetrazole rings is 1. The third-order valence-electron chi connectivity index (χ3n) is 6.38. The fourth-order valence-corrected chi connectivity index (χ4v) is 5.65. The van der Waals surface area contributed by atoms with E-state index in [1.807, 2.05) is 31.2 Å². The molecule has 0 radical (unpaired) electrons. The van der Waals surface area contributed by atoms with Crippen LogP contribution in [0.2, 0.25) is 0 Å². The molecule has 176 valence electrons. The summed E-state index contributed by atoms with van der Waals surface area (Å²) in [5, 5.41) is 25.6. The average molecular weight is 488 g/mol. The number of aromatic nitrogens is 4. The van der Waals surface area contributed by atoms with Crippen LogP contribution in [0.25, 0.3) is 20.5 Å². The lowest BCUT2D eigenvalue weighted by Gasteiger charge is -2.28. The fraction of sp³-hybridized carbons (Fsp3) is 0.240.